The third kappa shape index (κ3) is 4.87. The summed E-state index contributed by atoms with van der Waals surface area (Å²) in [6.45, 7) is 5.47. The Bertz CT molecular complexity index is 435. The molecule has 0 spiro atoms. The second-order valence-electron chi connectivity index (χ2n) is 4.64. The molecule has 0 aliphatic heterocycles. The molecule has 1 unspecified atom stereocenters. The number of nitrogens with two attached hydrogens (primary N) is 1. The first-order valence-corrected chi connectivity index (χ1v) is 6.41. The highest BCUT2D eigenvalue weighted by atomic mass is 19.1. The Labute approximate surface area is 113 Å². The molecule has 0 aromatic heterocycles. The average Bonchev–Trinajstić information content (AvgIpc) is 2.35. The molecule has 0 bridgehead atoms. The first-order chi connectivity index (χ1) is 8.93. The lowest BCUT2D eigenvalue weighted by molar-refractivity contribution is -0.123. The minimum Gasteiger partial charge on any atom is -0.484 e. The number of carbonyl (C=O) groups excluding carboxylic acids is 1. The van der Waals surface area contributed by atoms with E-state index in [2.05, 4.69) is 5.32 Å². The number of rotatable bonds is 6. The number of carbonyl (C=O) groups is 1. The van der Waals surface area contributed by atoms with E-state index in [0.717, 1.165) is 6.42 Å². The van der Waals surface area contributed by atoms with E-state index in [1.54, 1.807) is 19.1 Å². The monoisotopic (exact) mass is 268 g/mol. The van der Waals surface area contributed by atoms with Gasteiger partial charge in [-0.3, -0.25) is 4.79 Å². The van der Waals surface area contributed by atoms with Gasteiger partial charge in [-0.05, 0) is 26.3 Å². The molecule has 1 aromatic carbocycles. The van der Waals surface area contributed by atoms with Gasteiger partial charge in [0.2, 0.25) is 0 Å². The van der Waals surface area contributed by atoms with E-state index in [-0.39, 0.29) is 24.6 Å². The van der Waals surface area contributed by atoms with Crippen LogP contribution in [0.5, 0.6) is 5.75 Å². The molecule has 0 aliphatic rings. The number of ether oxygens (including phenoxy) is 1. The lowest BCUT2D eigenvalue weighted by atomic mass is 10.1. The van der Waals surface area contributed by atoms with Crippen molar-refractivity contribution in [3.63, 3.8) is 0 Å². The molecule has 5 heteroatoms. The number of hydrogen-bond donors (Lipinski definition) is 2. The zero-order valence-electron chi connectivity index (χ0n) is 11.6. The summed E-state index contributed by atoms with van der Waals surface area (Å²) in [4.78, 5) is 11.5. The molecular weight excluding hydrogens is 247 g/mol. The smallest absolute Gasteiger partial charge is 0.258 e. The second-order valence-corrected chi connectivity index (χ2v) is 4.64. The van der Waals surface area contributed by atoms with Gasteiger partial charge in [-0.15, -0.1) is 0 Å². The average molecular weight is 268 g/mol. The minimum atomic E-state index is -0.421. The molecule has 0 saturated carbocycles. The Balaban J connectivity index is 2.54. The summed E-state index contributed by atoms with van der Waals surface area (Å²) in [7, 11) is 0. The van der Waals surface area contributed by atoms with Crippen molar-refractivity contribution in [1.29, 1.82) is 0 Å². The van der Waals surface area contributed by atoms with Crippen LogP contribution >= 0.6 is 0 Å². The normalized spacial score (nSPS) is 13.7. The summed E-state index contributed by atoms with van der Waals surface area (Å²) in [6.07, 6.45) is 0.851. The van der Waals surface area contributed by atoms with Crippen molar-refractivity contribution in [1.82, 2.24) is 5.32 Å². The predicted molar refractivity (Wildman–Crippen MR) is 72.4 cm³/mol. The van der Waals surface area contributed by atoms with Gasteiger partial charge in [0, 0.05) is 23.7 Å². The Hall–Kier alpha value is -1.62. The van der Waals surface area contributed by atoms with Crippen molar-refractivity contribution in [3.05, 3.63) is 29.6 Å². The van der Waals surface area contributed by atoms with E-state index in [1.165, 1.54) is 6.07 Å². The lowest BCUT2D eigenvalue weighted by Gasteiger charge is -2.13. The SMILES string of the molecule is CCC(C)NC(=O)COc1ccc([C@@H](C)N)c(F)c1. The quantitative estimate of drug-likeness (QED) is 0.830. The molecule has 0 aliphatic carbocycles. The molecule has 0 heterocycles. The summed E-state index contributed by atoms with van der Waals surface area (Å²) in [6, 6.07) is 4.16. The minimum absolute atomic E-state index is 0.105. The highest BCUT2D eigenvalue weighted by Gasteiger charge is 2.10. The molecule has 1 rings (SSSR count). The molecule has 0 radical (unpaired) electrons. The van der Waals surface area contributed by atoms with Gasteiger partial charge in [-0.2, -0.15) is 0 Å². The largest absolute Gasteiger partial charge is 0.484 e. The van der Waals surface area contributed by atoms with Crippen molar-refractivity contribution in [3.8, 4) is 5.75 Å². The van der Waals surface area contributed by atoms with Gasteiger partial charge < -0.3 is 15.8 Å². The topological polar surface area (TPSA) is 64.3 Å². The Morgan fingerprint density at radius 1 is 1.47 bits per heavy atom. The van der Waals surface area contributed by atoms with Crippen LogP contribution in [-0.4, -0.2) is 18.6 Å². The van der Waals surface area contributed by atoms with Crippen molar-refractivity contribution in [2.24, 2.45) is 5.73 Å². The highest BCUT2D eigenvalue weighted by molar-refractivity contribution is 5.77. The fourth-order valence-electron chi connectivity index (χ4n) is 1.53. The third-order valence-corrected chi connectivity index (χ3v) is 2.85. The zero-order valence-corrected chi connectivity index (χ0v) is 11.6. The van der Waals surface area contributed by atoms with Gasteiger partial charge in [0.15, 0.2) is 6.61 Å². The summed E-state index contributed by atoms with van der Waals surface area (Å²) >= 11 is 0. The molecule has 19 heavy (non-hydrogen) atoms. The number of nitrogens with one attached hydrogen (secondary N) is 1. The van der Waals surface area contributed by atoms with Crippen LogP contribution in [0, 0.1) is 5.82 Å². The number of amides is 1. The van der Waals surface area contributed by atoms with E-state index in [0.29, 0.717) is 11.3 Å². The van der Waals surface area contributed by atoms with Gasteiger partial charge in [0.25, 0.3) is 5.91 Å². The van der Waals surface area contributed by atoms with Crippen LogP contribution < -0.4 is 15.8 Å². The van der Waals surface area contributed by atoms with Crippen molar-refractivity contribution in [2.45, 2.75) is 39.3 Å². The number of benzene rings is 1. The van der Waals surface area contributed by atoms with Crippen molar-refractivity contribution in [2.75, 3.05) is 6.61 Å². The summed E-state index contributed by atoms with van der Waals surface area (Å²) in [5.41, 5.74) is 6.04. The van der Waals surface area contributed by atoms with Gasteiger partial charge in [-0.25, -0.2) is 4.39 Å². The standard InChI is InChI=1S/C14H21FN2O2/c1-4-9(2)17-14(18)8-19-11-5-6-12(10(3)16)13(15)7-11/h5-7,9-10H,4,8,16H2,1-3H3,(H,17,18)/t9?,10-/m1/s1. The van der Waals surface area contributed by atoms with Crippen LogP contribution in [0.1, 0.15) is 38.8 Å². The zero-order chi connectivity index (χ0) is 14.4. The molecule has 1 amide bonds. The first-order valence-electron chi connectivity index (χ1n) is 6.41. The summed E-state index contributed by atoms with van der Waals surface area (Å²) in [5, 5.41) is 2.77. The maximum Gasteiger partial charge on any atom is 0.258 e. The molecule has 0 saturated heterocycles. The maximum absolute atomic E-state index is 13.6. The molecule has 3 N–H and O–H groups in total. The van der Waals surface area contributed by atoms with E-state index in [1.807, 2.05) is 13.8 Å². The Morgan fingerprint density at radius 2 is 2.16 bits per heavy atom. The van der Waals surface area contributed by atoms with Crippen LogP contribution in [0.4, 0.5) is 4.39 Å². The maximum atomic E-state index is 13.6. The summed E-state index contributed by atoms with van der Waals surface area (Å²) in [5.74, 6) is -0.318. The van der Waals surface area contributed by atoms with Crippen LogP contribution in [0.3, 0.4) is 0 Å². The van der Waals surface area contributed by atoms with Crippen LogP contribution in [0.15, 0.2) is 18.2 Å². The van der Waals surface area contributed by atoms with Gasteiger partial charge in [0.1, 0.15) is 11.6 Å². The molecule has 4 nitrogen and oxygen atoms in total. The van der Waals surface area contributed by atoms with Crippen molar-refractivity contribution < 1.29 is 13.9 Å². The highest BCUT2D eigenvalue weighted by Crippen LogP contribution is 2.20. The third-order valence-electron chi connectivity index (χ3n) is 2.85. The Kier molecular flexibility index (Phi) is 5.76. The molecule has 0 fully saturated rings. The van der Waals surface area contributed by atoms with Crippen molar-refractivity contribution >= 4 is 5.91 Å². The van der Waals surface area contributed by atoms with Crippen LogP contribution in [0.2, 0.25) is 0 Å². The molecular formula is C14H21FN2O2. The first kappa shape index (κ1) is 15.4. The Morgan fingerprint density at radius 3 is 2.68 bits per heavy atom. The van der Waals surface area contributed by atoms with Gasteiger partial charge >= 0.3 is 0 Å². The van der Waals surface area contributed by atoms with E-state index in [4.69, 9.17) is 10.5 Å². The summed E-state index contributed by atoms with van der Waals surface area (Å²) < 4.78 is 18.9. The number of hydrogen-bond acceptors (Lipinski definition) is 3. The number of halogens is 1. The van der Waals surface area contributed by atoms with Crippen LogP contribution in [-0.2, 0) is 4.79 Å². The molecule has 106 valence electrons. The van der Waals surface area contributed by atoms with Gasteiger partial charge in [-0.1, -0.05) is 13.0 Å². The fourth-order valence-corrected chi connectivity index (χ4v) is 1.53. The fraction of sp³-hybridized carbons (Fsp3) is 0.500. The van der Waals surface area contributed by atoms with E-state index in [9.17, 15) is 9.18 Å². The van der Waals surface area contributed by atoms with Crippen LogP contribution in [0.25, 0.3) is 0 Å². The molecule has 2 atom stereocenters. The molecule has 1 aromatic rings. The second kappa shape index (κ2) is 7.09. The van der Waals surface area contributed by atoms with E-state index >= 15 is 0 Å². The lowest BCUT2D eigenvalue weighted by Crippen LogP contribution is -2.35. The van der Waals surface area contributed by atoms with E-state index < -0.39 is 5.82 Å². The predicted octanol–water partition coefficient (Wildman–Crippen LogP) is 2.14. The van der Waals surface area contributed by atoms with Gasteiger partial charge in [0.05, 0.1) is 0 Å².